The van der Waals surface area contributed by atoms with Crippen molar-refractivity contribution in [2.45, 2.75) is 6.54 Å². The van der Waals surface area contributed by atoms with Crippen molar-refractivity contribution in [3.8, 4) is 17.1 Å². The number of aromatic nitrogens is 2. The second-order valence-electron chi connectivity index (χ2n) is 4.75. The third kappa shape index (κ3) is 2.57. The van der Waals surface area contributed by atoms with E-state index in [-0.39, 0.29) is 6.54 Å². The van der Waals surface area contributed by atoms with Crippen molar-refractivity contribution in [1.82, 2.24) is 9.55 Å². The van der Waals surface area contributed by atoms with E-state index < -0.39 is 5.97 Å². The summed E-state index contributed by atoms with van der Waals surface area (Å²) in [4.78, 5) is 15.8. The molecule has 112 valence electrons. The molecule has 0 amide bonds. The lowest BCUT2D eigenvalue weighted by Crippen LogP contribution is -2.10. The molecule has 3 rings (SSSR count). The van der Waals surface area contributed by atoms with Crippen LogP contribution >= 0.6 is 15.9 Å². The number of imidazole rings is 1. The zero-order valence-corrected chi connectivity index (χ0v) is 13.4. The average Bonchev–Trinajstić information content (AvgIpc) is 2.85. The summed E-state index contributed by atoms with van der Waals surface area (Å²) in [6, 6.07) is 13.1. The Hall–Kier alpha value is -2.34. The highest BCUT2D eigenvalue weighted by molar-refractivity contribution is 9.10. The van der Waals surface area contributed by atoms with Gasteiger partial charge in [-0.1, -0.05) is 12.1 Å². The molecule has 0 aliphatic heterocycles. The smallest absolute Gasteiger partial charge is 0.323 e. The van der Waals surface area contributed by atoms with Crippen LogP contribution < -0.4 is 4.74 Å². The minimum Gasteiger partial charge on any atom is -0.496 e. The van der Waals surface area contributed by atoms with Crippen molar-refractivity contribution < 1.29 is 14.6 Å². The van der Waals surface area contributed by atoms with E-state index in [0.29, 0.717) is 11.6 Å². The summed E-state index contributed by atoms with van der Waals surface area (Å²) in [6.45, 7) is -0.139. The van der Waals surface area contributed by atoms with Gasteiger partial charge in [-0.15, -0.1) is 0 Å². The van der Waals surface area contributed by atoms with Gasteiger partial charge in [0, 0.05) is 5.56 Å². The number of carbonyl (C=O) groups is 1. The number of hydrogen-bond donors (Lipinski definition) is 1. The first kappa shape index (κ1) is 14.6. The molecule has 0 radical (unpaired) electrons. The van der Waals surface area contributed by atoms with Gasteiger partial charge in [0.25, 0.3) is 0 Å². The standard InChI is InChI=1S/C16H13BrN2O3/c1-22-14-7-6-10(8-11(14)17)16-18-12-4-2-3-5-13(12)19(16)9-15(20)21/h2-8H,9H2,1H3,(H,20,21). The Morgan fingerprint density at radius 1 is 1.32 bits per heavy atom. The average molecular weight is 361 g/mol. The highest BCUT2D eigenvalue weighted by Crippen LogP contribution is 2.31. The second-order valence-corrected chi connectivity index (χ2v) is 5.61. The highest BCUT2D eigenvalue weighted by atomic mass is 79.9. The number of methoxy groups -OCH3 is 1. The van der Waals surface area contributed by atoms with E-state index in [9.17, 15) is 9.90 Å². The molecule has 1 N–H and O–H groups in total. The van der Waals surface area contributed by atoms with Crippen LogP contribution in [0.5, 0.6) is 5.75 Å². The molecule has 1 aromatic heterocycles. The van der Waals surface area contributed by atoms with Crippen molar-refractivity contribution in [2.24, 2.45) is 0 Å². The zero-order chi connectivity index (χ0) is 15.7. The van der Waals surface area contributed by atoms with Crippen molar-refractivity contribution >= 4 is 32.9 Å². The minimum absolute atomic E-state index is 0.139. The van der Waals surface area contributed by atoms with Crippen molar-refractivity contribution in [3.05, 3.63) is 46.9 Å². The highest BCUT2D eigenvalue weighted by Gasteiger charge is 2.15. The number of halogens is 1. The predicted molar refractivity (Wildman–Crippen MR) is 87.1 cm³/mol. The maximum atomic E-state index is 11.2. The molecule has 0 aliphatic carbocycles. The van der Waals surface area contributed by atoms with Gasteiger partial charge in [0.05, 0.1) is 22.6 Å². The predicted octanol–water partition coefficient (Wildman–Crippen LogP) is 3.56. The van der Waals surface area contributed by atoms with Gasteiger partial charge in [-0.25, -0.2) is 4.98 Å². The van der Waals surface area contributed by atoms with Gasteiger partial charge in [-0.3, -0.25) is 4.79 Å². The number of para-hydroxylation sites is 2. The molecule has 0 saturated carbocycles. The maximum Gasteiger partial charge on any atom is 0.323 e. The third-order valence-electron chi connectivity index (χ3n) is 3.36. The zero-order valence-electron chi connectivity index (χ0n) is 11.8. The van der Waals surface area contributed by atoms with Gasteiger partial charge in [0.2, 0.25) is 0 Å². The van der Waals surface area contributed by atoms with Gasteiger partial charge >= 0.3 is 5.97 Å². The van der Waals surface area contributed by atoms with Gasteiger partial charge in [0.15, 0.2) is 0 Å². The molecule has 0 fully saturated rings. The first-order chi connectivity index (χ1) is 10.6. The molecule has 6 heteroatoms. The molecule has 0 bridgehead atoms. The van der Waals surface area contributed by atoms with Crippen LogP contribution in [0.1, 0.15) is 0 Å². The number of carboxylic acids is 1. The van der Waals surface area contributed by atoms with Crippen LogP contribution in [0.4, 0.5) is 0 Å². The summed E-state index contributed by atoms with van der Waals surface area (Å²) in [5.74, 6) is 0.425. The van der Waals surface area contributed by atoms with E-state index in [1.54, 1.807) is 11.7 Å². The largest absolute Gasteiger partial charge is 0.496 e. The Bertz CT molecular complexity index is 858. The van der Waals surface area contributed by atoms with Gasteiger partial charge in [0.1, 0.15) is 18.1 Å². The normalized spacial score (nSPS) is 10.8. The summed E-state index contributed by atoms with van der Waals surface area (Å²) < 4.78 is 7.71. The summed E-state index contributed by atoms with van der Waals surface area (Å²) in [5.41, 5.74) is 2.39. The Morgan fingerprint density at radius 2 is 2.09 bits per heavy atom. The molecule has 0 atom stereocenters. The molecule has 0 saturated heterocycles. The van der Waals surface area contributed by atoms with E-state index in [1.807, 2.05) is 42.5 Å². The molecule has 0 unspecified atom stereocenters. The van der Waals surface area contributed by atoms with Crippen LogP contribution in [-0.2, 0) is 11.3 Å². The first-order valence-electron chi connectivity index (χ1n) is 6.61. The number of benzene rings is 2. The van der Waals surface area contributed by atoms with Crippen molar-refractivity contribution in [2.75, 3.05) is 7.11 Å². The third-order valence-corrected chi connectivity index (χ3v) is 3.98. The molecule has 3 aromatic rings. The summed E-state index contributed by atoms with van der Waals surface area (Å²) >= 11 is 3.45. The lowest BCUT2D eigenvalue weighted by atomic mass is 10.2. The van der Waals surface area contributed by atoms with Crippen LogP contribution in [0, 0.1) is 0 Å². The number of nitrogens with zero attached hydrogens (tertiary/aromatic N) is 2. The topological polar surface area (TPSA) is 64.4 Å². The van der Waals surface area contributed by atoms with Crippen LogP contribution in [0.2, 0.25) is 0 Å². The fourth-order valence-electron chi connectivity index (χ4n) is 2.40. The summed E-state index contributed by atoms with van der Waals surface area (Å²) in [7, 11) is 1.60. The monoisotopic (exact) mass is 360 g/mol. The van der Waals surface area contributed by atoms with E-state index in [2.05, 4.69) is 20.9 Å². The fraction of sp³-hybridized carbons (Fsp3) is 0.125. The van der Waals surface area contributed by atoms with Crippen LogP contribution in [0.25, 0.3) is 22.4 Å². The Labute approximate surface area is 135 Å². The van der Waals surface area contributed by atoms with E-state index in [4.69, 9.17) is 4.74 Å². The summed E-state index contributed by atoms with van der Waals surface area (Å²) in [6.07, 6.45) is 0. The van der Waals surface area contributed by atoms with E-state index in [0.717, 1.165) is 21.1 Å². The van der Waals surface area contributed by atoms with E-state index >= 15 is 0 Å². The number of hydrogen-bond acceptors (Lipinski definition) is 3. The second kappa shape index (κ2) is 5.81. The fourth-order valence-corrected chi connectivity index (χ4v) is 2.94. The maximum absolute atomic E-state index is 11.2. The lowest BCUT2D eigenvalue weighted by molar-refractivity contribution is -0.137. The number of aliphatic carboxylic acids is 1. The van der Waals surface area contributed by atoms with Crippen LogP contribution in [0.3, 0.4) is 0 Å². The Balaban J connectivity index is 2.21. The quantitative estimate of drug-likeness (QED) is 0.772. The SMILES string of the molecule is COc1ccc(-c2nc3ccccc3n2CC(=O)O)cc1Br. The Morgan fingerprint density at radius 3 is 2.77 bits per heavy atom. The van der Waals surface area contributed by atoms with E-state index in [1.165, 1.54) is 0 Å². The van der Waals surface area contributed by atoms with Gasteiger partial charge in [-0.05, 0) is 46.3 Å². The van der Waals surface area contributed by atoms with Crippen molar-refractivity contribution in [1.29, 1.82) is 0 Å². The van der Waals surface area contributed by atoms with Gasteiger partial charge < -0.3 is 14.4 Å². The molecule has 0 aliphatic rings. The molecule has 22 heavy (non-hydrogen) atoms. The number of fused-ring (bicyclic) bond motifs is 1. The number of rotatable bonds is 4. The first-order valence-corrected chi connectivity index (χ1v) is 7.40. The van der Waals surface area contributed by atoms with Crippen LogP contribution in [-0.4, -0.2) is 27.7 Å². The molecule has 1 heterocycles. The number of ether oxygens (including phenoxy) is 1. The molecule has 0 spiro atoms. The minimum atomic E-state index is -0.906. The molecular formula is C16H13BrN2O3. The lowest BCUT2D eigenvalue weighted by Gasteiger charge is -2.08. The Kier molecular flexibility index (Phi) is 3.85. The molecular weight excluding hydrogens is 348 g/mol. The summed E-state index contributed by atoms with van der Waals surface area (Å²) in [5, 5.41) is 9.17. The number of carboxylic acid groups (broad SMARTS) is 1. The van der Waals surface area contributed by atoms with Crippen molar-refractivity contribution in [3.63, 3.8) is 0 Å². The molecule has 2 aromatic carbocycles. The van der Waals surface area contributed by atoms with Crippen LogP contribution in [0.15, 0.2) is 46.9 Å². The molecule has 5 nitrogen and oxygen atoms in total. The van der Waals surface area contributed by atoms with Gasteiger partial charge in [-0.2, -0.15) is 0 Å².